The SMILES string of the molecule is COCCN(C(=O)[C@@H]1CC=CC[C@@H]1C(=O)O)C(C)COC. The van der Waals surface area contributed by atoms with Gasteiger partial charge in [-0.05, 0) is 19.8 Å². The molecule has 0 spiro atoms. The number of rotatable bonds is 8. The lowest BCUT2D eigenvalue weighted by molar-refractivity contribution is -0.152. The lowest BCUT2D eigenvalue weighted by atomic mass is 9.82. The minimum atomic E-state index is -0.913. The number of ether oxygens (including phenoxy) is 2. The monoisotopic (exact) mass is 299 g/mol. The first-order valence-corrected chi connectivity index (χ1v) is 7.19. The van der Waals surface area contributed by atoms with E-state index in [0.717, 1.165) is 0 Å². The normalized spacial score (nSPS) is 22.8. The van der Waals surface area contributed by atoms with Crippen LogP contribution in [0.4, 0.5) is 0 Å². The summed E-state index contributed by atoms with van der Waals surface area (Å²) in [4.78, 5) is 25.8. The maximum absolute atomic E-state index is 12.8. The van der Waals surface area contributed by atoms with Gasteiger partial charge in [0.2, 0.25) is 5.91 Å². The van der Waals surface area contributed by atoms with E-state index in [1.54, 1.807) is 19.1 Å². The molecular weight excluding hydrogens is 274 g/mol. The first-order chi connectivity index (χ1) is 10.0. The summed E-state index contributed by atoms with van der Waals surface area (Å²) < 4.78 is 10.2. The average molecular weight is 299 g/mol. The highest BCUT2D eigenvalue weighted by molar-refractivity contribution is 5.85. The minimum absolute atomic E-state index is 0.113. The van der Waals surface area contributed by atoms with Gasteiger partial charge in [0.05, 0.1) is 31.1 Å². The number of carboxylic acid groups (broad SMARTS) is 1. The lowest BCUT2D eigenvalue weighted by Crippen LogP contribution is -2.48. The van der Waals surface area contributed by atoms with Crippen LogP contribution in [0.2, 0.25) is 0 Å². The van der Waals surface area contributed by atoms with Crippen molar-refractivity contribution in [3.8, 4) is 0 Å². The number of amides is 1. The summed E-state index contributed by atoms with van der Waals surface area (Å²) in [6.45, 7) is 3.16. The lowest BCUT2D eigenvalue weighted by Gasteiger charge is -2.34. The smallest absolute Gasteiger partial charge is 0.307 e. The summed E-state index contributed by atoms with van der Waals surface area (Å²) in [6, 6.07) is -0.113. The molecule has 1 rings (SSSR count). The molecule has 1 aliphatic carbocycles. The van der Waals surface area contributed by atoms with Crippen LogP contribution in [0, 0.1) is 11.8 Å². The molecule has 0 radical (unpaired) electrons. The molecule has 1 aliphatic rings. The summed E-state index contributed by atoms with van der Waals surface area (Å²) >= 11 is 0. The predicted octanol–water partition coefficient (Wildman–Crippen LogP) is 1.16. The van der Waals surface area contributed by atoms with Gasteiger partial charge in [0, 0.05) is 20.8 Å². The quantitative estimate of drug-likeness (QED) is 0.681. The molecule has 6 heteroatoms. The van der Waals surface area contributed by atoms with Crippen molar-refractivity contribution in [3.05, 3.63) is 12.2 Å². The van der Waals surface area contributed by atoms with Crippen molar-refractivity contribution in [2.24, 2.45) is 11.8 Å². The Balaban J connectivity index is 2.86. The second-order valence-corrected chi connectivity index (χ2v) is 5.32. The zero-order valence-electron chi connectivity index (χ0n) is 12.9. The van der Waals surface area contributed by atoms with E-state index in [1.165, 1.54) is 0 Å². The van der Waals surface area contributed by atoms with E-state index >= 15 is 0 Å². The van der Waals surface area contributed by atoms with Gasteiger partial charge in [-0.1, -0.05) is 12.2 Å². The van der Waals surface area contributed by atoms with Crippen molar-refractivity contribution in [3.63, 3.8) is 0 Å². The first-order valence-electron chi connectivity index (χ1n) is 7.19. The summed E-state index contributed by atoms with van der Waals surface area (Å²) in [5.41, 5.74) is 0. The van der Waals surface area contributed by atoms with Crippen molar-refractivity contribution < 1.29 is 24.2 Å². The Morgan fingerprint density at radius 3 is 2.38 bits per heavy atom. The Bertz CT molecular complexity index is 382. The fourth-order valence-corrected chi connectivity index (χ4v) is 2.64. The molecule has 0 aromatic heterocycles. The largest absolute Gasteiger partial charge is 0.481 e. The fraction of sp³-hybridized carbons (Fsp3) is 0.733. The van der Waals surface area contributed by atoms with E-state index in [-0.39, 0.29) is 11.9 Å². The van der Waals surface area contributed by atoms with Crippen molar-refractivity contribution in [2.45, 2.75) is 25.8 Å². The topological polar surface area (TPSA) is 76.1 Å². The molecule has 21 heavy (non-hydrogen) atoms. The van der Waals surface area contributed by atoms with Crippen LogP contribution in [0.5, 0.6) is 0 Å². The molecule has 0 saturated carbocycles. The second kappa shape index (κ2) is 8.79. The first kappa shape index (κ1) is 17.7. The Morgan fingerprint density at radius 1 is 1.24 bits per heavy atom. The van der Waals surface area contributed by atoms with Gasteiger partial charge < -0.3 is 19.5 Å². The number of aliphatic carboxylic acids is 1. The van der Waals surface area contributed by atoms with Gasteiger partial charge in [-0.15, -0.1) is 0 Å². The number of carboxylic acids is 1. The number of nitrogens with zero attached hydrogens (tertiary/aromatic N) is 1. The maximum Gasteiger partial charge on any atom is 0.307 e. The summed E-state index contributed by atoms with van der Waals surface area (Å²) in [5, 5.41) is 9.30. The Labute approximate surface area is 125 Å². The molecule has 1 N–H and O–H groups in total. The minimum Gasteiger partial charge on any atom is -0.481 e. The van der Waals surface area contributed by atoms with E-state index in [4.69, 9.17) is 9.47 Å². The molecule has 0 fully saturated rings. The number of carbonyl (C=O) groups is 2. The van der Waals surface area contributed by atoms with Gasteiger partial charge >= 0.3 is 5.97 Å². The highest BCUT2D eigenvalue weighted by Gasteiger charge is 2.37. The third-order valence-electron chi connectivity index (χ3n) is 3.83. The van der Waals surface area contributed by atoms with Crippen LogP contribution in [0.15, 0.2) is 12.2 Å². The van der Waals surface area contributed by atoms with Crippen molar-refractivity contribution >= 4 is 11.9 Å². The van der Waals surface area contributed by atoms with Crippen LogP contribution in [-0.4, -0.2) is 61.9 Å². The van der Waals surface area contributed by atoms with Gasteiger partial charge in [0.15, 0.2) is 0 Å². The third-order valence-corrected chi connectivity index (χ3v) is 3.83. The third kappa shape index (κ3) is 4.82. The zero-order valence-corrected chi connectivity index (χ0v) is 12.9. The van der Waals surface area contributed by atoms with E-state index in [0.29, 0.717) is 32.6 Å². The Morgan fingerprint density at radius 2 is 1.86 bits per heavy atom. The average Bonchev–Trinajstić information content (AvgIpc) is 2.47. The van der Waals surface area contributed by atoms with Crippen molar-refractivity contribution in [1.29, 1.82) is 0 Å². The molecule has 1 unspecified atom stereocenters. The standard InChI is InChI=1S/C15H25NO5/c1-11(10-21-3)16(8-9-20-2)14(17)12-6-4-5-7-13(12)15(18)19/h4-5,11-13H,6-10H2,1-3H3,(H,18,19)/t11?,12-,13+/m1/s1. The number of carbonyl (C=O) groups excluding carboxylic acids is 1. The van der Waals surface area contributed by atoms with Gasteiger partial charge in [-0.2, -0.15) is 0 Å². The maximum atomic E-state index is 12.8. The summed E-state index contributed by atoms with van der Waals surface area (Å²) in [5.74, 6) is -2.21. The molecule has 1 amide bonds. The fourth-order valence-electron chi connectivity index (χ4n) is 2.64. The van der Waals surface area contributed by atoms with Crippen molar-refractivity contribution in [1.82, 2.24) is 4.90 Å². The Hall–Kier alpha value is -1.40. The molecule has 3 atom stereocenters. The molecule has 120 valence electrons. The molecular formula is C15H25NO5. The van der Waals surface area contributed by atoms with Crippen LogP contribution in [-0.2, 0) is 19.1 Å². The van der Waals surface area contributed by atoms with E-state index in [9.17, 15) is 14.7 Å². The van der Waals surface area contributed by atoms with Gasteiger partial charge in [-0.3, -0.25) is 9.59 Å². The number of allylic oxidation sites excluding steroid dienone is 2. The molecule has 0 aromatic carbocycles. The Kier molecular flexibility index (Phi) is 7.39. The predicted molar refractivity (Wildman–Crippen MR) is 77.9 cm³/mol. The zero-order chi connectivity index (χ0) is 15.8. The number of hydrogen-bond donors (Lipinski definition) is 1. The summed E-state index contributed by atoms with van der Waals surface area (Å²) in [7, 11) is 3.16. The highest BCUT2D eigenvalue weighted by atomic mass is 16.5. The van der Waals surface area contributed by atoms with Gasteiger partial charge in [0.25, 0.3) is 0 Å². The van der Waals surface area contributed by atoms with Gasteiger partial charge in [-0.25, -0.2) is 0 Å². The van der Waals surface area contributed by atoms with E-state index in [1.807, 2.05) is 19.1 Å². The molecule has 0 saturated heterocycles. The van der Waals surface area contributed by atoms with E-state index < -0.39 is 17.8 Å². The molecule has 0 heterocycles. The number of methoxy groups -OCH3 is 2. The molecule has 6 nitrogen and oxygen atoms in total. The molecule has 0 aliphatic heterocycles. The van der Waals surface area contributed by atoms with Crippen LogP contribution in [0.1, 0.15) is 19.8 Å². The van der Waals surface area contributed by atoms with Crippen LogP contribution >= 0.6 is 0 Å². The highest BCUT2D eigenvalue weighted by Crippen LogP contribution is 2.28. The molecule has 0 bridgehead atoms. The van der Waals surface area contributed by atoms with Crippen LogP contribution in [0.25, 0.3) is 0 Å². The number of hydrogen-bond acceptors (Lipinski definition) is 4. The summed E-state index contributed by atoms with van der Waals surface area (Å²) in [6.07, 6.45) is 4.60. The van der Waals surface area contributed by atoms with E-state index in [2.05, 4.69) is 0 Å². The molecule has 0 aromatic rings. The van der Waals surface area contributed by atoms with Gasteiger partial charge in [0.1, 0.15) is 0 Å². The van der Waals surface area contributed by atoms with Crippen molar-refractivity contribution in [2.75, 3.05) is 34.0 Å². The second-order valence-electron chi connectivity index (χ2n) is 5.32. The van der Waals surface area contributed by atoms with Crippen LogP contribution < -0.4 is 0 Å². The van der Waals surface area contributed by atoms with Crippen LogP contribution in [0.3, 0.4) is 0 Å².